The Bertz CT molecular complexity index is 593. The largest absolute Gasteiger partial charge is 0.395 e. The van der Waals surface area contributed by atoms with Crippen molar-refractivity contribution in [1.82, 2.24) is 4.98 Å². The number of nitrogens with two attached hydrogens (primary N) is 1. The molecule has 3 nitrogen and oxygen atoms in total. The Morgan fingerprint density at radius 3 is 2.76 bits per heavy atom. The van der Waals surface area contributed by atoms with Gasteiger partial charge in [0.05, 0.1) is 16.3 Å². The molecule has 1 aromatic heterocycles. The first-order valence-corrected chi connectivity index (χ1v) is 5.99. The number of benzene rings is 1. The predicted octanol–water partition coefficient (Wildman–Crippen LogP) is 3.34. The molecule has 2 N–H and O–H groups in total. The summed E-state index contributed by atoms with van der Waals surface area (Å²) in [5.41, 5.74) is 6.66. The van der Waals surface area contributed by atoms with Crippen molar-refractivity contribution in [2.24, 2.45) is 0 Å². The molecule has 0 radical (unpaired) electrons. The lowest BCUT2D eigenvalue weighted by Crippen LogP contribution is -1.95. The van der Waals surface area contributed by atoms with Gasteiger partial charge in [-0.1, -0.05) is 35.5 Å². The third-order valence-electron chi connectivity index (χ3n) is 2.12. The summed E-state index contributed by atoms with van der Waals surface area (Å²) in [4.78, 5) is 5.02. The maximum Gasteiger partial charge on any atom is 0.125 e. The standard InChI is InChI=1S/C12H8ClN3S/c13-9-3-1-2-4-10(9)17-12-11(15)8(7-14)5-6-16-12/h1-6H,15H2. The minimum atomic E-state index is 0.389. The summed E-state index contributed by atoms with van der Waals surface area (Å²) in [6.45, 7) is 0. The fourth-order valence-electron chi connectivity index (χ4n) is 1.26. The first-order valence-electron chi connectivity index (χ1n) is 4.79. The molecule has 0 bridgehead atoms. The van der Waals surface area contributed by atoms with Crippen LogP contribution in [0.1, 0.15) is 5.56 Å². The van der Waals surface area contributed by atoms with E-state index in [0.717, 1.165) is 4.90 Å². The molecule has 0 fully saturated rings. The summed E-state index contributed by atoms with van der Waals surface area (Å²) >= 11 is 7.40. The van der Waals surface area contributed by atoms with Crippen molar-refractivity contribution >= 4 is 29.1 Å². The highest BCUT2D eigenvalue weighted by molar-refractivity contribution is 7.99. The number of nitrogens with zero attached hydrogens (tertiary/aromatic N) is 2. The third-order valence-corrected chi connectivity index (χ3v) is 3.65. The van der Waals surface area contributed by atoms with E-state index >= 15 is 0 Å². The quantitative estimate of drug-likeness (QED) is 0.901. The number of hydrogen-bond donors (Lipinski definition) is 1. The molecule has 84 valence electrons. The van der Waals surface area contributed by atoms with Gasteiger partial charge in [-0.3, -0.25) is 0 Å². The Morgan fingerprint density at radius 1 is 1.29 bits per heavy atom. The van der Waals surface area contributed by atoms with Gasteiger partial charge in [0.25, 0.3) is 0 Å². The minimum absolute atomic E-state index is 0.389. The van der Waals surface area contributed by atoms with Crippen molar-refractivity contribution < 1.29 is 0 Å². The first kappa shape index (κ1) is 11.8. The molecule has 0 aliphatic rings. The summed E-state index contributed by atoms with van der Waals surface area (Å²) in [6.07, 6.45) is 1.56. The van der Waals surface area contributed by atoms with Crippen LogP contribution in [0.25, 0.3) is 0 Å². The van der Waals surface area contributed by atoms with Gasteiger partial charge in [0.2, 0.25) is 0 Å². The normalized spacial score (nSPS) is 9.88. The molecule has 17 heavy (non-hydrogen) atoms. The molecule has 0 unspecified atom stereocenters. The molecule has 2 rings (SSSR count). The second kappa shape index (κ2) is 5.09. The Balaban J connectivity index is 2.38. The van der Waals surface area contributed by atoms with Crippen molar-refractivity contribution in [2.45, 2.75) is 9.92 Å². The zero-order chi connectivity index (χ0) is 12.3. The number of hydrogen-bond acceptors (Lipinski definition) is 4. The third kappa shape index (κ3) is 2.52. The van der Waals surface area contributed by atoms with Gasteiger partial charge < -0.3 is 5.73 Å². The second-order valence-corrected chi connectivity index (χ2v) is 4.66. The lowest BCUT2D eigenvalue weighted by molar-refractivity contribution is 1.13. The number of nitrogen functional groups attached to an aromatic ring is 1. The summed E-state index contributed by atoms with van der Waals surface area (Å²) < 4.78 is 0. The van der Waals surface area contributed by atoms with E-state index in [9.17, 15) is 0 Å². The minimum Gasteiger partial charge on any atom is -0.395 e. The van der Waals surface area contributed by atoms with Crippen LogP contribution in [0.2, 0.25) is 5.02 Å². The fraction of sp³-hybridized carbons (Fsp3) is 0. The molecule has 1 aromatic carbocycles. The lowest BCUT2D eigenvalue weighted by atomic mass is 10.2. The molecule has 5 heteroatoms. The Labute approximate surface area is 108 Å². The number of pyridine rings is 1. The summed E-state index contributed by atoms with van der Waals surface area (Å²) in [7, 11) is 0. The van der Waals surface area contributed by atoms with Crippen LogP contribution in [0.5, 0.6) is 0 Å². The van der Waals surface area contributed by atoms with Gasteiger partial charge in [0, 0.05) is 11.1 Å². The van der Waals surface area contributed by atoms with Gasteiger partial charge in [-0.15, -0.1) is 0 Å². The van der Waals surface area contributed by atoms with Crippen LogP contribution in [0, 0.1) is 11.3 Å². The Kier molecular flexibility index (Phi) is 3.52. The van der Waals surface area contributed by atoms with Crippen molar-refractivity contribution in [3.63, 3.8) is 0 Å². The van der Waals surface area contributed by atoms with Crippen molar-refractivity contribution in [3.8, 4) is 6.07 Å². The van der Waals surface area contributed by atoms with Crippen LogP contribution in [-0.2, 0) is 0 Å². The first-order chi connectivity index (χ1) is 8.22. The molecule has 0 saturated heterocycles. The van der Waals surface area contributed by atoms with Crippen LogP contribution in [-0.4, -0.2) is 4.98 Å². The van der Waals surface area contributed by atoms with Crippen LogP contribution in [0.15, 0.2) is 46.5 Å². The molecule has 0 saturated carbocycles. The van der Waals surface area contributed by atoms with Crippen molar-refractivity contribution in [3.05, 3.63) is 47.1 Å². The molecule has 0 aliphatic carbocycles. The highest BCUT2D eigenvalue weighted by atomic mass is 35.5. The summed E-state index contributed by atoms with van der Waals surface area (Å²) in [5, 5.41) is 10.1. The van der Waals surface area contributed by atoms with E-state index in [2.05, 4.69) is 4.98 Å². The summed E-state index contributed by atoms with van der Waals surface area (Å²) in [6, 6.07) is 11.0. The van der Waals surface area contributed by atoms with Crippen LogP contribution in [0.3, 0.4) is 0 Å². The SMILES string of the molecule is N#Cc1ccnc(Sc2ccccc2Cl)c1N. The van der Waals surface area contributed by atoms with Crippen molar-refractivity contribution in [2.75, 3.05) is 5.73 Å². The van der Waals surface area contributed by atoms with E-state index in [1.807, 2.05) is 24.3 Å². The smallest absolute Gasteiger partial charge is 0.125 e. The highest BCUT2D eigenvalue weighted by Gasteiger charge is 2.09. The molecular weight excluding hydrogens is 254 g/mol. The van der Waals surface area contributed by atoms with E-state index in [1.54, 1.807) is 18.3 Å². The Hall–Kier alpha value is -1.70. The fourth-order valence-corrected chi connectivity index (χ4v) is 2.37. The average molecular weight is 262 g/mol. The van der Waals surface area contributed by atoms with E-state index in [-0.39, 0.29) is 0 Å². The van der Waals surface area contributed by atoms with Gasteiger partial charge in [-0.05, 0) is 18.2 Å². The highest BCUT2D eigenvalue weighted by Crippen LogP contribution is 2.35. The van der Waals surface area contributed by atoms with Crippen LogP contribution < -0.4 is 5.73 Å². The number of anilines is 1. The van der Waals surface area contributed by atoms with E-state index in [4.69, 9.17) is 22.6 Å². The molecule has 0 atom stereocenters. The molecule has 2 aromatic rings. The second-order valence-electron chi connectivity index (χ2n) is 3.22. The molecular formula is C12H8ClN3S. The number of aromatic nitrogens is 1. The summed E-state index contributed by atoms with van der Waals surface area (Å²) in [5.74, 6) is 0. The number of halogens is 1. The Morgan fingerprint density at radius 2 is 2.06 bits per heavy atom. The molecule has 1 heterocycles. The maximum absolute atomic E-state index is 8.87. The lowest BCUT2D eigenvalue weighted by Gasteiger charge is -2.06. The average Bonchev–Trinajstić information content (AvgIpc) is 2.34. The zero-order valence-electron chi connectivity index (χ0n) is 8.72. The predicted molar refractivity (Wildman–Crippen MR) is 68.9 cm³/mol. The number of nitriles is 1. The molecule has 0 spiro atoms. The van der Waals surface area contributed by atoms with Crippen LogP contribution >= 0.6 is 23.4 Å². The molecule has 0 aliphatic heterocycles. The van der Waals surface area contributed by atoms with Gasteiger partial charge in [0.15, 0.2) is 0 Å². The zero-order valence-corrected chi connectivity index (χ0v) is 10.3. The van der Waals surface area contributed by atoms with E-state index in [1.165, 1.54) is 11.8 Å². The van der Waals surface area contributed by atoms with E-state index < -0.39 is 0 Å². The number of rotatable bonds is 2. The van der Waals surface area contributed by atoms with Gasteiger partial charge in [-0.2, -0.15) is 5.26 Å². The van der Waals surface area contributed by atoms with Crippen molar-refractivity contribution in [1.29, 1.82) is 5.26 Å². The topological polar surface area (TPSA) is 62.7 Å². The maximum atomic E-state index is 8.87. The molecule has 0 amide bonds. The van der Waals surface area contributed by atoms with Gasteiger partial charge in [0.1, 0.15) is 11.1 Å². The van der Waals surface area contributed by atoms with Crippen LogP contribution in [0.4, 0.5) is 5.69 Å². The van der Waals surface area contributed by atoms with Gasteiger partial charge >= 0.3 is 0 Å². The van der Waals surface area contributed by atoms with E-state index in [0.29, 0.717) is 21.3 Å². The van der Waals surface area contributed by atoms with Gasteiger partial charge in [-0.25, -0.2) is 4.98 Å². The monoisotopic (exact) mass is 261 g/mol.